The molecule has 0 atom stereocenters. The van der Waals surface area contributed by atoms with Crippen LogP contribution in [0.2, 0.25) is 0 Å². The smallest absolute Gasteiger partial charge is 0.122 e. The highest BCUT2D eigenvalue weighted by Gasteiger charge is 2.18. The van der Waals surface area contributed by atoms with E-state index >= 15 is 0 Å². The highest BCUT2D eigenvalue weighted by molar-refractivity contribution is 5.40. The lowest BCUT2D eigenvalue weighted by Gasteiger charge is -2.29. The number of fused-ring (bicyclic) bond motifs is 1. The van der Waals surface area contributed by atoms with Gasteiger partial charge in [0.05, 0.1) is 6.61 Å². The molecular formula is C15H21NO. The Bertz CT molecular complexity index is 394. The second-order valence-electron chi connectivity index (χ2n) is 5.49. The van der Waals surface area contributed by atoms with Gasteiger partial charge in [-0.1, -0.05) is 12.1 Å². The topological polar surface area (TPSA) is 12.5 Å². The molecule has 3 rings (SSSR count). The van der Waals surface area contributed by atoms with Gasteiger partial charge in [0.15, 0.2) is 0 Å². The summed E-state index contributed by atoms with van der Waals surface area (Å²) < 4.78 is 5.64. The maximum atomic E-state index is 5.64. The van der Waals surface area contributed by atoms with E-state index in [1.807, 2.05) is 0 Å². The highest BCUT2D eigenvalue weighted by atomic mass is 16.5. The van der Waals surface area contributed by atoms with Gasteiger partial charge in [0, 0.05) is 6.42 Å². The van der Waals surface area contributed by atoms with E-state index in [2.05, 4.69) is 30.1 Å². The van der Waals surface area contributed by atoms with Crippen molar-refractivity contribution >= 4 is 0 Å². The molecule has 92 valence electrons. The monoisotopic (exact) mass is 231 g/mol. The first-order chi connectivity index (χ1) is 8.31. The molecule has 0 saturated carbocycles. The summed E-state index contributed by atoms with van der Waals surface area (Å²) in [4.78, 5) is 2.43. The lowest BCUT2D eigenvalue weighted by Crippen LogP contribution is -2.30. The van der Waals surface area contributed by atoms with E-state index in [1.54, 1.807) is 0 Å². The fraction of sp³-hybridized carbons (Fsp3) is 0.600. The summed E-state index contributed by atoms with van der Waals surface area (Å²) in [5.41, 5.74) is 2.84. The summed E-state index contributed by atoms with van der Waals surface area (Å²) >= 11 is 0. The first kappa shape index (κ1) is 11.1. The SMILES string of the molecule is CN1CCC(Cc2ccc3c(c2)OCC3)CC1. The predicted molar refractivity (Wildman–Crippen MR) is 69.6 cm³/mol. The summed E-state index contributed by atoms with van der Waals surface area (Å²) in [5.74, 6) is 2.00. The van der Waals surface area contributed by atoms with Crippen LogP contribution in [0.1, 0.15) is 24.0 Å². The summed E-state index contributed by atoms with van der Waals surface area (Å²) in [6, 6.07) is 6.82. The third-order valence-electron chi connectivity index (χ3n) is 4.12. The molecule has 0 amide bonds. The Morgan fingerprint density at radius 2 is 2.12 bits per heavy atom. The van der Waals surface area contributed by atoms with Gasteiger partial charge in [0.1, 0.15) is 5.75 Å². The molecule has 0 bridgehead atoms. The maximum Gasteiger partial charge on any atom is 0.122 e. The normalized spacial score (nSPS) is 21.2. The van der Waals surface area contributed by atoms with Crippen LogP contribution in [0.15, 0.2) is 18.2 Å². The van der Waals surface area contributed by atoms with Crippen LogP contribution in [0.25, 0.3) is 0 Å². The van der Waals surface area contributed by atoms with E-state index in [0.29, 0.717) is 0 Å². The molecule has 2 nitrogen and oxygen atoms in total. The molecule has 0 unspecified atom stereocenters. The second-order valence-corrected chi connectivity index (χ2v) is 5.49. The summed E-state index contributed by atoms with van der Waals surface area (Å²) in [5, 5.41) is 0. The van der Waals surface area contributed by atoms with Crippen molar-refractivity contribution in [1.29, 1.82) is 0 Å². The summed E-state index contributed by atoms with van der Waals surface area (Å²) in [7, 11) is 2.22. The van der Waals surface area contributed by atoms with Crippen molar-refractivity contribution in [2.45, 2.75) is 25.7 Å². The third kappa shape index (κ3) is 2.47. The van der Waals surface area contributed by atoms with Gasteiger partial charge in [-0.3, -0.25) is 0 Å². The Balaban J connectivity index is 1.65. The largest absolute Gasteiger partial charge is 0.493 e. The zero-order valence-electron chi connectivity index (χ0n) is 10.6. The Morgan fingerprint density at radius 3 is 2.94 bits per heavy atom. The van der Waals surface area contributed by atoms with E-state index in [9.17, 15) is 0 Å². The Kier molecular flexibility index (Phi) is 3.06. The van der Waals surface area contributed by atoms with Crippen LogP contribution >= 0.6 is 0 Å². The van der Waals surface area contributed by atoms with Gasteiger partial charge in [-0.25, -0.2) is 0 Å². The first-order valence-electron chi connectivity index (χ1n) is 6.74. The zero-order chi connectivity index (χ0) is 11.7. The Morgan fingerprint density at radius 1 is 1.29 bits per heavy atom. The second kappa shape index (κ2) is 4.69. The minimum atomic E-state index is 0.866. The number of ether oxygens (including phenoxy) is 1. The van der Waals surface area contributed by atoms with Crippen molar-refractivity contribution in [3.8, 4) is 5.75 Å². The minimum Gasteiger partial charge on any atom is -0.493 e. The lowest BCUT2D eigenvalue weighted by atomic mass is 9.90. The number of hydrogen-bond acceptors (Lipinski definition) is 2. The van der Waals surface area contributed by atoms with Crippen LogP contribution in [-0.2, 0) is 12.8 Å². The van der Waals surface area contributed by atoms with Crippen LogP contribution in [-0.4, -0.2) is 31.6 Å². The number of rotatable bonds is 2. The van der Waals surface area contributed by atoms with Gasteiger partial charge < -0.3 is 9.64 Å². The molecule has 0 aromatic heterocycles. The average molecular weight is 231 g/mol. The van der Waals surface area contributed by atoms with E-state index < -0.39 is 0 Å². The summed E-state index contributed by atoms with van der Waals surface area (Å²) in [6.07, 6.45) is 5.00. The first-order valence-corrected chi connectivity index (χ1v) is 6.74. The van der Waals surface area contributed by atoms with E-state index in [-0.39, 0.29) is 0 Å². The van der Waals surface area contributed by atoms with Crippen LogP contribution in [0.5, 0.6) is 5.75 Å². The number of likely N-dealkylation sites (tertiary alicyclic amines) is 1. The fourth-order valence-corrected chi connectivity index (χ4v) is 2.94. The predicted octanol–water partition coefficient (Wildman–Crippen LogP) is 2.51. The lowest BCUT2D eigenvalue weighted by molar-refractivity contribution is 0.219. The number of nitrogens with zero attached hydrogens (tertiary/aromatic N) is 1. The molecule has 1 aromatic rings. The quantitative estimate of drug-likeness (QED) is 0.775. The van der Waals surface area contributed by atoms with Gasteiger partial charge >= 0.3 is 0 Å². The van der Waals surface area contributed by atoms with Gasteiger partial charge in [0.2, 0.25) is 0 Å². The molecule has 0 spiro atoms. The molecule has 2 aliphatic heterocycles. The molecule has 2 aliphatic rings. The van der Waals surface area contributed by atoms with Crippen LogP contribution in [0, 0.1) is 5.92 Å². The summed E-state index contributed by atoms with van der Waals surface area (Å²) in [6.45, 7) is 3.38. The third-order valence-corrected chi connectivity index (χ3v) is 4.12. The Hall–Kier alpha value is -1.02. The minimum absolute atomic E-state index is 0.866. The average Bonchev–Trinajstić information content (AvgIpc) is 2.79. The maximum absolute atomic E-state index is 5.64. The molecule has 17 heavy (non-hydrogen) atoms. The van der Waals surface area contributed by atoms with Crippen LogP contribution < -0.4 is 4.74 Å². The van der Waals surface area contributed by atoms with E-state index in [4.69, 9.17) is 4.74 Å². The van der Waals surface area contributed by atoms with Crippen molar-refractivity contribution in [3.05, 3.63) is 29.3 Å². The molecule has 1 aromatic carbocycles. The van der Waals surface area contributed by atoms with Crippen LogP contribution in [0.4, 0.5) is 0 Å². The van der Waals surface area contributed by atoms with E-state index in [1.165, 1.54) is 43.5 Å². The molecule has 2 heteroatoms. The highest BCUT2D eigenvalue weighted by Crippen LogP contribution is 2.28. The molecule has 2 heterocycles. The van der Waals surface area contributed by atoms with Crippen molar-refractivity contribution < 1.29 is 4.74 Å². The Labute approximate surface area is 104 Å². The molecular weight excluding hydrogens is 210 g/mol. The van der Waals surface area contributed by atoms with Gasteiger partial charge in [-0.2, -0.15) is 0 Å². The van der Waals surface area contributed by atoms with Gasteiger partial charge in [0.25, 0.3) is 0 Å². The van der Waals surface area contributed by atoms with Crippen molar-refractivity contribution in [3.63, 3.8) is 0 Å². The van der Waals surface area contributed by atoms with Crippen molar-refractivity contribution in [2.75, 3.05) is 26.7 Å². The van der Waals surface area contributed by atoms with E-state index in [0.717, 1.165) is 24.7 Å². The standard InChI is InChI=1S/C15H21NO/c1-16-7-4-12(5-8-16)10-13-2-3-14-6-9-17-15(14)11-13/h2-3,11-12H,4-10H2,1H3. The van der Waals surface area contributed by atoms with Crippen LogP contribution in [0.3, 0.4) is 0 Å². The molecule has 1 fully saturated rings. The number of benzene rings is 1. The van der Waals surface area contributed by atoms with Gasteiger partial charge in [-0.05, 0) is 62.5 Å². The van der Waals surface area contributed by atoms with Crippen molar-refractivity contribution in [2.24, 2.45) is 5.92 Å². The number of piperidine rings is 1. The number of hydrogen-bond donors (Lipinski definition) is 0. The molecule has 0 radical (unpaired) electrons. The van der Waals surface area contributed by atoms with Gasteiger partial charge in [-0.15, -0.1) is 0 Å². The fourth-order valence-electron chi connectivity index (χ4n) is 2.94. The molecule has 0 N–H and O–H groups in total. The molecule has 0 aliphatic carbocycles. The molecule has 1 saturated heterocycles. The zero-order valence-corrected chi connectivity index (χ0v) is 10.6. The van der Waals surface area contributed by atoms with Crippen molar-refractivity contribution in [1.82, 2.24) is 4.90 Å².